The van der Waals surface area contributed by atoms with Gasteiger partial charge in [-0.1, -0.05) is 114 Å². The van der Waals surface area contributed by atoms with Crippen LogP contribution < -0.4 is 0 Å². The zero-order valence-corrected chi connectivity index (χ0v) is 16.0. The molecule has 0 radical (unpaired) electrons. The highest BCUT2D eigenvalue weighted by Gasteiger charge is 2.31. The first-order chi connectivity index (χ1) is 10.3. The molecule has 0 heterocycles. The van der Waals surface area contributed by atoms with Gasteiger partial charge in [0.15, 0.2) is 0 Å². The van der Waals surface area contributed by atoms with Gasteiger partial charge in [-0.15, -0.1) is 0 Å². The largest absolute Gasteiger partial charge is 0.153 e. The van der Waals surface area contributed by atoms with Gasteiger partial charge in [0.05, 0.1) is 3.42 Å². The molecule has 0 saturated carbocycles. The molecule has 3 rings (SSSR count). The second kappa shape index (κ2) is 7.89. The van der Waals surface area contributed by atoms with Crippen molar-refractivity contribution in [2.75, 3.05) is 0 Å². The van der Waals surface area contributed by atoms with E-state index in [4.69, 9.17) is 0 Å². The molecule has 0 amide bonds. The Hall–Kier alpha value is -1.18. The van der Waals surface area contributed by atoms with Crippen molar-refractivity contribution >= 4 is 32.5 Å². The maximum absolute atomic E-state index is 2.61. The van der Waals surface area contributed by atoms with E-state index in [1.54, 1.807) is 0 Å². The maximum Gasteiger partial charge on any atom is 0.0758 e. The third-order valence-corrected chi connectivity index (χ3v) is 5.38. The summed E-state index contributed by atoms with van der Waals surface area (Å²) in [7, 11) is 0. The number of rotatable bonds is 4. The van der Waals surface area contributed by atoms with Gasteiger partial charge in [0.1, 0.15) is 0 Å². The van der Waals surface area contributed by atoms with E-state index in [-0.39, 0.29) is 13.3 Å². The fraction of sp³-hybridized carbons (Fsp3) is 0.100. The summed E-state index contributed by atoms with van der Waals surface area (Å²) >= 11 is 2.61. The normalized spacial score (nSPS) is 10.8. The highest BCUT2D eigenvalue weighted by atomic mass is 127. The van der Waals surface area contributed by atoms with Gasteiger partial charge in [-0.2, -0.15) is 9.90 Å². The molecule has 22 heavy (non-hydrogen) atoms. The molecular formula is C20H20IP. The van der Waals surface area contributed by atoms with E-state index in [9.17, 15) is 0 Å². The van der Waals surface area contributed by atoms with Crippen LogP contribution in [-0.4, -0.2) is 0 Å². The topological polar surface area (TPSA) is 0 Å². The summed E-state index contributed by atoms with van der Waals surface area (Å²) in [6, 6.07) is 32.3. The molecule has 112 valence electrons. The third-order valence-electron chi connectivity index (χ3n) is 3.75. The average Bonchev–Trinajstić information content (AvgIpc) is 2.57. The number of benzene rings is 3. The fourth-order valence-electron chi connectivity index (χ4n) is 2.65. The Bertz CT molecular complexity index is 641. The van der Waals surface area contributed by atoms with Crippen molar-refractivity contribution in [3.8, 4) is 0 Å². The van der Waals surface area contributed by atoms with Gasteiger partial charge in [0, 0.05) is 0 Å². The summed E-state index contributed by atoms with van der Waals surface area (Å²) in [6.07, 6.45) is 0.989. The van der Waals surface area contributed by atoms with Crippen LogP contribution in [0, 0.1) is 0 Å². The van der Waals surface area contributed by atoms with Crippen LogP contribution in [0.4, 0.5) is 0 Å². The Balaban J connectivity index is 0.00000176. The average molecular weight is 418 g/mol. The zero-order valence-electron chi connectivity index (χ0n) is 12.5. The van der Waals surface area contributed by atoms with Crippen molar-refractivity contribution in [3.05, 3.63) is 108 Å². The van der Waals surface area contributed by atoms with Gasteiger partial charge in [-0.25, -0.2) is 0 Å². The second-order valence-electron chi connectivity index (χ2n) is 5.20. The Morgan fingerprint density at radius 1 is 0.591 bits per heavy atom. The minimum Gasteiger partial charge on any atom is -0.153 e. The Morgan fingerprint density at radius 3 is 1.36 bits per heavy atom. The molecule has 0 fully saturated rings. The molecular weight excluding hydrogens is 398 g/mol. The highest BCUT2D eigenvalue weighted by molar-refractivity contribution is 14.1. The van der Waals surface area contributed by atoms with Gasteiger partial charge in [0.2, 0.25) is 0 Å². The van der Waals surface area contributed by atoms with E-state index >= 15 is 0 Å². The molecule has 0 bridgehead atoms. The lowest BCUT2D eigenvalue weighted by molar-refractivity contribution is 0.772. The van der Waals surface area contributed by atoms with Crippen LogP contribution in [0.5, 0.6) is 0 Å². The maximum atomic E-state index is 2.61. The predicted molar refractivity (Wildman–Crippen MR) is 109 cm³/mol. The van der Waals surface area contributed by atoms with Crippen molar-refractivity contribution in [1.29, 1.82) is 0 Å². The summed E-state index contributed by atoms with van der Waals surface area (Å²) in [5, 5.41) is 0. The fourth-order valence-corrected chi connectivity index (χ4v) is 3.81. The summed E-state index contributed by atoms with van der Waals surface area (Å²) in [4.78, 5) is 0. The minimum atomic E-state index is -0.0400. The first-order valence-corrected chi connectivity index (χ1v) is 8.21. The summed E-state index contributed by atoms with van der Waals surface area (Å²) in [6.45, 7) is 0. The van der Waals surface area contributed by atoms with Crippen LogP contribution in [-0.2, 0) is 9.84 Å². The number of hydrogen-bond acceptors (Lipinski definition) is 0. The molecule has 1 unspecified atom stereocenters. The molecule has 0 nitrogen and oxygen atoms in total. The van der Waals surface area contributed by atoms with Gasteiger partial charge in [-0.05, 0) is 23.1 Å². The molecule has 0 N–H and O–H groups in total. The standard InChI is InChI=1S/C20H17I.H3P/c21-20(18-12-6-2-7-13-18,19-14-8-3-9-15-19)16-17-10-4-1-5-11-17;/h1-15H,16H2;1H3. The van der Waals surface area contributed by atoms with Gasteiger partial charge < -0.3 is 0 Å². The van der Waals surface area contributed by atoms with Crippen LogP contribution in [0.1, 0.15) is 16.7 Å². The van der Waals surface area contributed by atoms with Crippen molar-refractivity contribution in [1.82, 2.24) is 0 Å². The first-order valence-electron chi connectivity index (χ1n) is 7.13. The van der Waals surface area contributed by atoms with E-state index in [2.05, 4.69) is 114 Å². The molecule has 0 aromatic heterocycles. The molecule has 0 aliphatic rings. The molecule has 3 aromatic rings. The monoisotopic (exact) mass is 418 g/mol. The molecule has 0 aliphatic heterocycles. The third kappa shape index (κ3) is 3.77. The van der Waals surface area contributed by atoms with Crippen molar-refractivity contribution in [3.63, 3.8) is 0 Å². The molecule has 0 spiro atoms. The van der Waals surface area contributed by atoms with Gasteiger partial charge >= 0.3 is 0 Å². The molecule has 2 heteroatoms. The Labute approximate surface area is 149 Å². The first kappa shape index (κ1) is 17.2. The molecule has 0 saturated heterocycles. The number of alkyl halides is 1. The highest BCUT2D eigenvalue weighted by Crippen LogP contribution is 2.42. The van der Waals surface area contributed by atoms with Crippen LogP contribution in [0.3, 0.4) is 0 Å². The SMILES string of the molecule is IC(Cc1ccccc1)(c1ccccc1)c1ccccc1.P. The van der Waals surface area contributed by atoms with E-state index in [1.807, 2.05) is 0 Å². The summed E-state index contributed by atoms with van der Waals surface area (Å²) in [5.41, 5.74) is 4.06. The predicted octanol–water partition coefficient (Wildman–Crippen LogP) is 5.67. The molecule has 3 aromatic carbocycles. The van der Waals surface area contributed by atoms with Gasteiger partial charge in [-0.3, -0.25) is 0 Å². The summed E-state index contributed by atoms with van der Waals surface area (Å²) < 4.78 is -0.0400. The Kier molecular flexibility index (Phi) is 6.16. The van der Waals surface area contributed by atoms with Crippen molar-refractivity contribution < 1.29 is 0 Å². The van der Waals surface area contributed by atoms with Gasteiger partial charge in [0.25, 0.3) is 0 Å². The number of hydrogen-bond donors (Lipinski definition) is 0. The van der Waals surface area contributed by atoms with Crippen LogP contribution in [0.2, 0.25) is 0 Å². The van der Waals surface area contributed by atoms with E-state index in [0.29, 0.717) is 0 Å². The van der Waals surface area contributed by atoms with E-state index < -0.39 is 0 Å². The zero-order chi connectivity index (χ0) is 14.5. The van der Waals surface area contributed by atoms with Crippen molar-refractivity contribution in [2.24, 2.45) is 0 Å². The molecule has 1 atom stereocenters. The van der Waals surface area contributed by atoms with E-state index in [0.717, 1.165) is 6.42 Å². The van der Waals surface area contributed by atoms with E-state index in [1.165, 1.54) is 16.7 Å². The summed E-state index contributed by atoms with van der Waals surface area (Å²) in [5.74, 6) is 0. The lowest BCUT2D eigenvalue weighted by Crippen LogP contribution is -2.22. The smallest absolute Gasteiger partial charge is 0.0758 e. The Morgan fingerprint density at radius 2 is 0.955 bits per heavy atom. The van der Waals surface area contributed by atoms with Crippen LogP contribution in [0.25, 0.3) is 0 Å². The lowest BCUT2D eigenvalue weighted by atomic mass is 9.86. The van der Waals surface area contributed by atoms with Crippen LogP contribution >= 0.6 is 32.5 Å². The quantitative estimate of drug-likeness (QED) is 0.291. The number of halogens is 1. The van der Waals surface area contributed by atoms with Crippen LogP contribution in [0.15, 0.2) is 91.0 Å². The molecule has 0 aliphatic carbocycles. The lowest BCUT2D eigenvalue weighted by Gasteiger charge is -2.29. The minimum absolute atomic E-state index is 0. The second-order valence-corrected chi connectivity index (χ2v) is 7.04. The van der Waals surface area contributed by atoms with Crippen molar-refractivity contribution in [2.45, 2.75) is 9.84 Å².